The van der Waals surface area contributed by atoms with Crippen molar-refractivity contribution < 1.29 is 14.3 Å². The van der Waals surface area contributed by atoms with Crippen LogP contribution >= 0.6 is 0 Å². The Kier molecular flexibility index (Phi) is 6.81. The summed E-state index contributed by atoms with van der Waals surface area (Å²) in [4.78, 5) is 13.5. The minimum Gasteiger partial charge on any atom is -0.496 e. The van der Waals surface area contributed by atoms with Crippen LogP contribution in [0.1, 0.15) is 51.2 Å². The highest BCUT2D eigenvalue weighted by atomic mass is 16.5. The van der Waals surface area contributed by atoms with E-state index in [1.807, 2.05) is 60.7 Å². The maximum Gasteiger partial charge on any atom is 0.185 e. The van der Waals surface area contributed by atoms with E-state index in [4.69, 9.17) is 9.47 Å². The summed E-state index contributed by atoms with van der Waals surface area (Å²) < 4.78 is 11.0. The van der Waals surface area contributed by atoms with Crippen LogP contribution in [0, 0.1) is 11.3 Å². The number of Topliss-reactive ketones (excluding diaryl/α,β-unsaturated/α-hetero) is 1. The highest BCUT2D eigenvalue weighted by Gasteiger charge is 2.36. The molecule has 0 aromatic heterocycles. The smallest absolute Gasteiger partial charge is 0.185 e. The molecule has 0 atom stereocenters. The Morgan fingerprint density at radius 1 is 0.867 bits per heavy atom. The van der Waals surface area contributed by atoms with Crippen molar-refractivity contribution >= 4 is 17.9 Å². The van der Waals surface area contributed by atoms with Gasteiger partial charge in [0.05, 0.1) is 14.2 Å². The van der Waals surface area contributed by atoms with Gasteiger partial charge in [0, 0.05) is 22.3 Å². The molecule has 0 spiro atoms. The summed E-state index contributed by atoms with van der Waals surface area (Å²) in [5, 5.41) is 0. The second-order valence-electron chi connectivity index (χ2n) is 8.60. The lowest BCUT2D eigenvalue weighted by Gasteiger charge is -2.38. The van der Waals surface area contributed by atoms with Crippen LogP contribution in [-0.4, -0.2) is 20.0 Å². The standard InChI is InChI=1S/C27H32O3/c1-6-27(2,3)23-17-21(15-19-11-7-9-13-24(19)29-4)26(28)22(18-23)16-20-12-8-10-14-25(20)30-5/h7-16,23H,6,17-18H2,1-5H3/b21-15+,22-16+. The van der Waals surface area contributed by atoms with Crippen molar-refractivity contribution in [3.63, 3.8) is 0 Å². The minimum atomic E-state index is 0.120. The summed E-state index contributed by atoms with van der Waals surface area (Å²) in [7, 11) is 3.33. The highest BCUT2D eigenvalue weighted by molar-refractivity contribution is 6.14. The van der Waals surface area contributed by atoms with Crippen LogP contribution in [0.15, 0.2) is 59.7 Å². The lowest BCUT2D eigenvalue weighted by molar-refractivity contribution is -0.113. The molecule has 0 amide bonds. The third-order valence-electron chi connectivity index (χ3n) is 6.47. The topological polar surface area (TPSA) is 35.5 Å². The van der Waals surface area contributed by atoms with Crippen molar-refractivity contribution in [2.24, 2.45) is 11.3 Å². The zero-order valence-electron chi connectivity index (χ0n) is 18.7. The molecule has 30 heavy (non-hydrogen) atoms. The number of ether oxygens (including phenoxy) is 2. The van der Waals surface area contributed by atoms with Crippen molar-refractivity contribution in [2.45, 2.75) is 40.0 Å². The Hall–Kier alpha value is -2.81. The predicted molar refractivity (Wildman–Crippen MR) is 124 cm³/mol. The zero-order chi connectivity index (χ0) is 21.7. The lowest BCUT2D eigenvalue weighted by Crippen LogP contribution is -2.30. The minimum absolute atomic E-state index is 0.120. The number of carbonyl (C=O) groups excluding carboxylic acids is 1. The number of benzene rings is 2. The van der Waals surface area contributed by atoms with Crippen molar-refractivity contribution in [1.29, 1.82) is 0 Å². The van der Waals surface area contributed by atoms with Crippen LogP contribution in [-0.2, 0) is 4.79 Å². The summed E-state index contributed by atoms with van der Waals surface area (Å²) in [6.45, 7) is 6.83. The number of para-hydroxylation sites is 2. The molecule has 3 heteroatoms. The molecule has 2 aromatic carbocycles. The van der Waals surface area contributed by atoms with Gasteiger partial charge in [-0.3, -0.25) is 4.79 Å². The monoisotopic (exact) mass is 404 g/mol. The fraction of sp³-hybridized carbons (Fsp3) is 0.370. The molecule has 1 aliphatic rings. The molecule has 1 aliphatic carbocycles. The van der Waals surface area contributed by atoms with Gasteiger partial charge in [0.15, 0.2) is 5.78 Å². The highest BCUT2D eigenvalue weighted by Crippen LogP contribution is 2.44. The van der Waals surface area contributed by atoms with Crippen molar-refractivity contribution in [2.75, 3.05) is 14.2 Å². The molecule has 0 radical (unpaired) electrons. The zero-order valence-corrected chi connectivity index (χ0v) is 18.7. The summed E-state index contributed by atoms with van der Waals surface area (Å²) in [5.41, 5.74) is 3.71. The van der Waals surface area contributed by atoms with E-state index in [0.29, 0.717) is 5.92 Å². The van der Waals surface area contributed by atoms with Crippen molar-refractivity contribution in [1.82, 2.24) is 0 Å². The number of hydrogen-bond acceptors (Lipinski definition) is 3. The van der Waals surface area contributed by atoms with Crippen LogP contribution < -0.4 is 9.47 Å². The number of ketones is 1. The number of carbonyl (C=O) groups is 1. The van der Waals surface area contributed by atoms with Crippen LogP contribution in [0.2, 0.25) is 0 Å². The van der Waals surface area contributed by atoms with Crippen LogP contribution in [0.5, 0.6) is 11.5 Å². The molecular weight excluding hydrogens is 372 g/mol. The van der Waals surface area contributed by atoms with E-state index in [2.05, 4.69) is 20.8 Å². The average Bonchev–Trinajstić information content (AvgIpc) is 2.77. The van der Waals surface area contributed by atoms with Gasteiger partial charge in [-0.2, -0.15) is 0 Å². The molecule has 0 heterocycles. The van der Waals surface area contributed by atoms with Gasteiger partial charge in [-0.15, -0.1) is 0 Å². The Morgan fingerprint density at radius 3 is 1.70 bits per heavy atom. The molecule has 0 saturated heterocycles. The van der Waals surface area contributed by atoms with E-state index in [1.165, 1.54) is 0 Å². The first-order valence-electron chi connectivity index (χ1n) is 10.6. The van der Waals surface area contributed by atoms with Gasteiger partial charge < -0.3 is 9.47 Å². The number of methoxy groups -OCH3 is 2. The van der Waals surface area contributed by atoms with Crippen molar-refractivity contribution in [3.05, 3.63) is 70.8 Å². The number of allylic oxidation sites excluding steroid dienone is 2. The first-order valence-corrected chi connectivity index (χ1v) is 10.6. The van der Waals surface area contributed by atoms with E-state index >= 15 is 0 Å². The first kappa shape index (κ1) is 21.9. The SMILES string of the molecule is CCC(C)(C)C1C/C(=C\c2ccccc2OC)C(=O)/C(=C/c2ccccc2OC)C1. The van der Waals surface area contributed by atoms with E-state index < -0.39 is 0 Å². The Morgan fingerprint density at radius 2 is 1.30 bits per heavy atom. The molecule has 158 valence electrons. The van der Waals surface area contributed by atoms with Crippen LogP contribution in [0.4, 0.5) is 0 Å². The molecule has 2 aromatic rings. The van der Waals surface area contributed by atoms with E-state index in [-0.39, 0.29) is 11.2 Å². The van der Waals surface area contributed by atoms with Gasteiger partial charge in [0.25, 0.3) is 0 Å². The second-order valence-corrected chi connectivity index (χ2v) is 8.60. The van der Waals surface area contributed by atoms with Crippen LogP contribution in [0.25, 0.3) is 12.2 Å². The summed E-state index contributed by atoms with van der Waals surface area (Å²) in [6, 6.07) is 15.7. The predicted octanol–water partition coefficient (Wildman–Crippen LogP) is 6.59. The van der Waals surface area contributed by atoms with Gasteiger partial charge in [0.2, 0.25) is 0 Å². The summed E-state index contributed by atoms with van der Waals surface area (Å²) in [6.07, 6.45) is 6.64. The molecular formula is C27H32O3. The Bertz CT molecular complexity index is 896. The molecule has 0 bridgehead atoms. The molecule has 3 rings (SSSR count). The van der Waals surface area contributed by atoms with Gasteiger partial charge in [-0.25, -0.2) is 0 Å². The third kappa shape index (κ3) is 4.67. The summed E-state index contributed by atoms with van der Waals surface area (Å²) >= 11 is 0. The Balaban J connectivity index is 2.08. The number of hydrogen-bond donors (Lipinski definition) is 0. The molecule has 0 unspecified atom stereocenters. The van der Waals surface area contributed by atoms with Gasteiger partial charge >= 0.3 is 0 Å². The molecule has 0 N–H and O–H groups in total. The summed E-state index contributed by atoms with van der Waals surface area (Å²) in [5.74, 6) is 2.08. The Labute approximate surface area is 180 Å². The maximum atomic E-state index is 13.5. The van der Waals surface area contributed by atoms with E-state index in [9.17, 15) is 4.79 Å². The van der Waals surface area contributed by atoms with Gasteiger partial charge in [-0.05, 0) is 48.5 Å². The normalized spacial score (nSPS) is 19.9. The third-order valence-corrected chi connectivity index (χ3v) is 6.47. The molecule has 1 saturated carbocycles. The molecule has 1 fully saturated rings. The molecule has 3 nitrogen and oxygen atoms in total. The lowest BCUT2D eigenvalue weighted by atomic mass is 9.66. The fourth-order valence-corrected chi connectivity index (χ4v) is 4.03. The second kappa shape index (κ2) is 9.34. The van der Waals surface area contributed by atoms with Crippen LogP contribution in [0.3, 0.4) is 0 Å². The van der Waals surface area contributed by atoms with E-state index in [0.717, 1.165) is 53.0 Å². The largest absolute Gasteiger partial charge is 0.496 e. The average molecular weight is 405 g/mol. The van der Waals surface area contributed by atoms with Gasteiger partial charge in [-0.1, -0.05) is 63.6 Å². The first-order chi connectivity index (χ1) is 14.4. The molecule has 0 aliphatic heterocycles. The number of rotatable bonds is 6. The fourth-order valence-electron chi connectivity index (χ4n) is 4.03. The maximum absolute atomic E-state index is 13.5. The van der Waals surface area contributed by atoms with Crippen molar-refractivity contribution in [3.8, 4) is 11.5 Å². The van der Waals surface area contributed by atoms with Gasteiger partial charge in [0.1, 0.15) is 11.5 Å². The quantitative estimate of drug-likeness (QED) is 0.510. The van der Waals surface area contributed by atoms with E-state index in [1.54, 1.807) is 14.2 Å².